The maximum atomic E-state index is 13.0. The number of carbonyl (C=O) groups is 2. The number of hydrogen-bond acceptors (Lipinski definition) is 3. The smallest absolute Gasteiger partial charge is 0.255 e. The number of nitrogens with zero attached hydrogens (tertiary/aromatic N) is 1. The summed E-state index contributed by atoms with van der Waals surface area (Å²) >= 11 is 6.28. The summed E-state index contributed by atoms with van der Waals surface area (Å²) in [5.74, 6) is 0.180. The highest BCUT2D eigenvalue weighted by Gasteiger charge is 2.32. The lowest BCUT2D eigenvalue weighted by atomic mass is 10.1. The Bertz CT molecular complexity index is 662. The molecule has 2 fully saturated rings. The third-order valence-corrected chi connectivity index (χ3v) is 5.21. The Hall–Kier alpha value is -1.59. The lowest BCUT2D eigenvalue weighted by Crippen LogP contribution is -2.39. The van der Waals surface area contributed by atoms with Gasteiger partial charge in [0.15, 0.2) is 0 Å². The first-order valence-corrected chi connectivity index (χ1v) is 9.45. The molecular formula is C19H26ClN3O2. The molecule has 2 bridgehead atoms. The second kappa shape index (κ2) is 7.75. The molecular weight excluding hydrogens is 338 g/mol. The van der Waals surface area contributed by atoms with E-state index in [0.29, 0.717) is 34.8 Å². The molecule has 1 aromatic rings. The van der Waals surface area contributed by atoms with E-state index in [1.54, 1.807) is 18.2 Å². The SMILES string of the molecule is CC(C)CC(=O)Nc1ccc(Cl)c(C(=O)N2CCC3CCC(C2)N3)c1. The molecule has 2 aliphatic rings. The first-order chi connectivity index (χ1) is 11.9. The van der Waals surface area contributed by atoms with Crippen LogP contribution in [-0.2, 0) is 4.79 Å². The average molecular weight is 364 g/mol. The Morgan fingerprint density at radius 3 is 2.80 bits per heavy atom. The topological polar surface area (TPSA) is 61.4 Å². The van der Waals surface area contributed by atoms with E-state index in [2.05, 4.69) is 10.6 Å². The van der Waals surface area contributed by atoms with Crippen molar-refractivity contribution in [2.75, 3.05) is 18.4 Å². The van der Waals surface area contributed by atoms with Crippen LogP contribution in [0.4, 0.5) is 5.69 Å². The highest BCUT2D eigenvalue weighted by Crippen LogP contribution is 2.26. The third-order valence-electron chi connectivity index (χ3n) is 4.88. The van der Waals surface area contributed by atoms with Gasteiger partial charge in [-0.2, -0.15) is 0 Å². The second-order valence-corrected chi connectivity index (χ2v) is 7.93. The number of halogens is 1. The van der Waals surface area contributed by atoms with Crippen LogP contribution in [0.2, 0.25) is 5.02 Å². The fourth-order valence-electron chi connectivity index (χ4n) is 3.65. The molecule has 2 heterocycles. The van der Waals surface area contributed by atoms with Gasteiger partial charge < -0.3 is 15.5 Å². The molecule has 2 amide bonds. The highest BCUT2D eigenvalue weighted by molar-refractivity contribution is 6.34. The summed E-state index contributed by atoms with van der Waals surface area (Å²) in [5, 5.41) is 6.86. The van der Waals surface area contributed by atoms with E-state index < -0.39 is 0 Å². The summed E-state index contributed by atoms with van der Waals surface area (Å²) in [7, 11) is 0. The Morgan fingerprint density at radius 2 is 2.04 bits per heavy atom. The van der Waals surface area contributed by atoms with Crippen LogP contribution < -0.4 is 10.6 Å². The molecule has 3 rings (SSSR count). The van der Waals surface area contributed by atoms with Crippen molar-refractivity contribution in [2.24, 2.45) is 5.92 Å². The van der Waals surface area contributed by atoms with Gasteiger partial charge in [-0.05, 0) is 43.4 Å². The molecule has 0 saturated carbocycles. The zero-order chi connectivity index (χ0) is 18.0. The van der Waals surface area contributed by atoms with Crippen LogP contribution in [0.25, 0.3) is 0 Å². The largest absolute Gasteiger partial charge is 0.337 e. The summed E-state index contributed by atoms with van der Waals surface area (Å²) in [6.07, 6.45) is 3.75. The first-order valence-electron chi connectivity index (χ1n) is 9.07. The first kappa shape index (κ1) is 18.2. The lowest BCUT2D eigenvalue weighted by Gasteiger charge is -2.25. The van der Waals surface area contributed by atoms with Crippen molar-refractivity contribution in [3.8, 4) is 0 Å². The summed E-state index contributed by atoms with van der Waals surface area (Å²) in [6.45, 7) is 5.46. The highest BCUT2D eigenvalue weighted by atomic mass is 35.5. The van der Waals surface area contributed by atoms with Crippen LogP contribution >= 0.6 is 11.6 Å². The molecule has 0 spiro atoms. The molecule has 2 N–H and O–H groups in total. The van der Waals surface area contributed by atoms with E-state index in [-0.39, 0.29) is 17.7 Å². The van der Waals surface area contributed by atoms with Gasteiger partial charge >= 0.3 is 0 Å². The molecule has 0 radical (unpaired) electrons. The number of carbonyl (C=O) groups excluding carboxylic acids is 2. The zero-order valence-corrected chi connectivity index (χ0v) is 15.6. The Balaban J connectivity index is 1.73. The molecule has 5 nitrogen and oxygen atoms in total. The van der Waals surface area contributed by atoms with Crippen molar-refractivity contribution >= 4 is 29.1 Å². The fraction of sp³-hybridized carbons (Fsp3) is 0.579. The van der Waals surface area contributed by atoms with Crippen LogP contribution in [0.1, 0.15) is 49.9 Å². The standard InChI is InChI=1S/C19H26ClN3O2/c1-12(2)9-18(24)22-14-5-6-17(20)16(10-14)19(25)23-8-7-13-3-4-15(11-23)21-13/h5-6,10,12-13,15,21H,3-4,7-9,11H2,1-2H3,(H,22,24). The number of hydrogen-bond donors (Lipinski definition) is 2. The van der Waals surface area contributed by atoms with Gasteiger partial charge in [0.1, 0.15) is 0 Å². The molecule has 0 aliphatic carbocycles. The Morgan fingerprint density at radius 1 is 1.28 bits per heavy atom. The van der Waals surface area contributed by atoms with E-state index in [0.717, 1.165) is 25.9 Å². The van der Waals surface area contributed by atoms with E-state index in [9.17, 15) is 9.59 Å². The number of likely N-dealkylation sites (tertiary alicyclic amines) is 1. The maximum Gasteiger partial charge on any atom is 0.255 e. The van der Waals surface area contributed by atoms with E-state index in [1.807, 2.05) is 18.7 Å². The van der Waals surface area contributed by atoms with Crippen molar-refractivity contribution in [1.29, 1.82) is 0 Å². The molecule has 25 heavy (non-hydrogen) atoms. The monoisotopic (exact) mass is 363 g/mol. The molecule has 2 atom stereocenters. The summed E-state index contributed by atoms with van der Waals surface area (Å²) < 4.78 is 0. The number of benzene rings is 1. The molecule has 0 aromatic heterocycles. The minimum absolute atomic E-state index is 0.0491. The summed E-state index contributed by atoms with van der Waals surface area (Å²) in [6, 6.07) is 6.02. The van der Waals surface area contributed by atoms with Crippen molar-refractivity contribution in [3.63, 3.8) is 0 Å². The van der Waals surface area contributed by atoms with Crippen LogP contribution in [0.3, 0.4) is 0 Å². The molecule has 1 aromatic carbocycles. The van der Waals surface area contributed by atoms with Gasteiger partial charge in [-0.3, -0.25) is 9.59 Å². The van der Waals surface area contributed by atoms with Crippen LogP contribution in [0, 0.1) is 5.92 Å². The molecule has 2 saturated heterocycles. The number of anilines is 1. The minimum Gasteiger partial charge on any atom is -0.337 e. The summed E-state index contributed by atoms with van der Waals surface area (Å²) in [4.78, 5) is 26.8. The van der Waals surface area contributed by atoms with E-state index in [4.69, 9.17) is 11.6 Å². The van der Waals surface area contributed by atoms with Crippen LogP contribution in [-0.4, -0.2) is 41.9 Å². The van der Waals surface area contributed by atoms with Gasteiger partial charge in [0.05, 0.1) is 10.6 Å². The summed E-state index contributed by atoms with van der Waals surface area (Å²) in [5.41, 5.74) is 1.08. The van der Waals surface area contributed by atoms with Crippen molar-refractivity contribution < 1.29 is 9.59 Å². The normalized spacial score (nSPS) is 22.8. The Kier molecular flexibility index (Phi) is 5.64. The predicted molar refractivity (Wildman–Crippen MR) is 100 cm³/mol. The number of fused-ring (bicyclic) bond motifs is 2. The van der Waals surface area contributed by atoms with Gasteiger partial charge in [0.25, 0.3) is 5.91 Å². The lowest BCUT2D eigenvalue weighted by molar-refractivity contribution is -0.116. The maximum absolute atomic E-state index is 13.0. The van der Waals surface area contributed by atoms with Gasteiger partial charge in [-0.15, -0.1) is 0 Å². The number of nitrogens with one attached hydrogen (secondary N) is 2. The van der Waals surface area contributed by atoms with Gasteiger partial charge in [0, 0.05) is 37.3 Å². The number of rotatable bonds is 4. The van der Waals surface area contributed by atoms with Gasteiger partial charge in [0.2, 0.25) is 5.91 Å². The quantitative estimate of drug-likeness (QED) is 0.862. The van der Waals surface area contributed by atoms with Crippen molar-refractivity contribution in [3.05, 3.63) is 28.8 Å². The van der Waals surface area contributed by atoms with Crippen LogP contribution in [0.5, 0.6) is 0 Å². The van der Waals surface area contributed by atoms with Gasteiger partial charge in [-0.1, -0.05) is 25.4 Å². The average Bonchev–Trinajstić information content (AvgIpc) is 2.87. The molecule has 6 heteroatoms. The van der Waals surface area contributed by atoms with Crippen LogP contribution in [0.15, 0.2) is 18.2 Å². The van der Waals surface area contributed by atoms with Gasteiger partial charge in [-0.25, -0.2) is 0 Å². The minimum atomic E-state index is -0.0562. The molecule has 2 unspecified atom stereocenters. The van der Waals surface area contributed by atoms with Crippen molar-refractivity contribution in [1.82, 2.24) is 10.2 Å². The van der Waals surface area contributed by atoms with E-state index in [1.165, 1.54) is 6.42 Å². The second-order valence-electron chi connectivity index (χ2n) is 7.52. The van der Waals surface area contributed by atoms with E-state index >= 15 is 0 Å². The third kappa shape index (κ3) is 4.53. The predicted octanol–water partition coefficient (Wildman–Crippen LogP) is 3.29. The molecule has 2 aliphatic heterocycles. The zero-order valence-electron chi connectivity index (χ0n) is 14.8. The number of amides is 2. The molecule has 136 valence electrons. The fourth-order valence-corrected chi connectivity index (χ4v) is 3.85. The Labute approximate surface area is 154 Å². The van der Waals surface area contributed by atoms with Crippen molar-refractivity contribution in [2.45, 2.75) is 51.6 Å².